The Morgan fingerprint density at radius 1 is 0.647 bits per heavy atom. The quantitative estimate of drug-likeness (QED) is 0.171. The first-order chi connectivity index (χ1) is 25.0. The lowest BCUT2D eigenvalue weighted by molar-refractivity contribution is 0.657. The zero-order valence-electron chi connectivity index (χ0n) is 29.2. The van der Waals surface area contributed by atoms with Gasteiger partial charge in [0.25, 0.3) is 0 Å². The van der Waals surface area contributed by atoms with E-state index >= 15 is 0 Å². The van der Waals surface area contributed by atoms with Crippen LogP contribution < -0.4 is 9.80 Å². The highest BCUT2D eigenvalue weighted by molar-refractivity contribution is 7.99. The number of allylic oxidation sites excluding steroid dienone is 4. The van der Waals surface area contributed by atoms with Gasteiger partial charge in [0.05, 0.1) is 17.1 Å². The van der Waals surface area contributed by atoms with E-state index in [1.807, 2.05) is 11.8 Å². The van der Waals surface area contributed by atoms with Crippen molar-refractivity contribution < 1.29 is 0 Å². The SMILES string of the molecule is CC1(C)c2cc(/C=C/c3cccc4c(N5c6ccccc6Sc6ccccc65)cccc34)ccc2-c2ccc(N3CCCC4=C3CCC=C4)cc21. The lowest BCUT2D eigenvalue weighted by atomic mass is 9.81. The van der Waals surface area contributed by atoms with Gasteiger partial charge in [-0.15, -0.1) is 0 Å². The molecule has 4 aliphatic rings. The minimum atomic E-state index is -0.0718. The molecule has 0 saturated heterocycles. The maximum absolute atomic E-state index is 2.60. The van der Waals surface area contributed by atoms with E-state index < -0.39 is 0 Å². The molecule has 0 radical (unpaired) electrons. The van der Waals surface area contributed by atoms with Gasteiger partial charge >= 0.3 is 0 Å². The zero-order valence-corrected chi connectivity index (χ0v) is 30.0. The fraction of sp³-hybridized carbons (Fsp3) is 0.167. The van der Waals surface area contributed by atoms with Crippen LogP contribution in [0.2, 0.25) is 0 Å². The monoisotopic (exact) mass is 676 g/mol. The Bertz CT molecular complexity index is 2430. The van der Waals surface area contributed by atoms with Crippen molar-refractivity contribution in [2.24, 2.45) is 0 Å². The van der Waals surface area contributed by atoms with E-state index in [0.717, 1.165) is 19.4 Å². The van der Waals surface area contributed by atoms with Crippen LogP contribution in [0.25, 0.3) is 34.1 Å². The van der Waals surface area contributed by atoms with E-state index in [4.69, 9.17) is 0 Å². The van der Waals surface area contributed by atoms with Crippen molar-refractivity contribution in [3.05, 3.63) is 167 Å². The standard InChI is InChI=1S/C48H40N2S/c1-48(2)40-30-32(24-27-37(40)38-28-26-35(31-41(38)48)49-29-11-14-34-12-3-4-17-42(34)49)23-25-33-13-9-16-39-36(33)15-10-20-43(39)50-44-18-5-7-21-46(44)51-47-22-8-6-19-45(47)50/h3,5-10,12-13,15-16,18-28,30-31H,4,11,14,17,29H2,1-2H3/b25-23+. The number of hydrogen-bond donors (Lipinski definition) is 0. The Morgan fingerprint density at radius 3 is 2.18 bits per heavy atom. The second-order valence-corrected chi connectivity index (χ2v) is 15.8. The second-order valence-electron chi connectivity index (χ2n) is 14.8. The molecule has 0 aromatic heterocycles. The molecule has 0 unspecified atom stereocenters. The minimum Gasteiger partial charge on any atom is -0.345 e. The third kappa shape index (κ3) is 4.93. The van der Waals surface area contributed by atoms with Crippen LogP contribution in [-0.2, 0) is 5.41 Å². The fourth-order valence-electron chi connectivity index (χ4n) is 8.91. The molecule has 6 aromatic carbocycles. The zero-order chi connectivity index (χ0) is 34.1. The molecule has 0 N–H and O–H groups in total. The molecule has 0 spiro atoms. The van der Waals surface area contributed by atoms with Crippen molar-refractivity contribution in [2.75, 3.05) is 16.3 Å². The highest BCUT2D eigenvalue weighted by atomic mass is 32.2. The van der Waals surface area contributed by atoms with Crippen molar-refractivity contribution in [3.63, 3.8) is 0 Å². The van der Waals surface area contributed by atoms with Crippen LogP contribution in [0.4, 0.5) is 22.7 Å². The van der Waals surface area contributed by atoms with E-state index in [0.29, 0.717) is 0 Å². The van der Waals surface area contributed by atoms with E-state index in [1.165, 1.54) is 101 Å². The molecule has 10 rings (SSSR count). The Morgan fingerprint density at radius 2 is 1.35 bits per heavy atom. The summed E-state index contributed by atoms with van der Waals surface area (Å²) in [6.07, 6.45) is 14.0. The molecule has 248 valence electrons. The van der Waals surface area contributed by atoms with Gasteiger partial charge in [0.1, 0.15) is 0 Å². The van der Waals surface area contributed by atoms with Gasteiger partial charge in [0.15, 0.2) is 0 Å². The average Bonchev–Trinajstić information content (AvgIpc) is 3.40. The van der Waals surface area contributed by atoms with Gasteiger partial charge in [0.2, 0.25) is 0 Å². The summed E-state index contributed by atoms with van der Waals surface area (Å²) in [5, 5.41) is 2.50. The van der Waals surface area contributed by atoms with Crippen LogP contribution >= 0.6 is 11.8 Å². The Kier molecular flexibility index (Phi) is 7.15. The third-order valence-electron chi connectivity index (χ3n) is 11.4. The van der Waals surface area contributed by atoms with Crippen LogP contribution in [0.5, 0.6) is 0 Å². The van der Waals surface area contributed by atoms with Gasteiger partial charge in [-0.3, -0.25) is 0 Å². The molecular formula is C48H40N2S. The first-order valence-corrected chi connectivity index (χ1v) is 19.2. The summed E-state index contributed by atoms with van der Waals surface area (Å²) in [4.78, 5) is 7.60. The van der Waals surface area contributed by atoms with Crippen LogP contribution in [0.3, 0.4) is 0 Å². The van der Waals surface area contributed by atoms with Crippen molar-refractivity contribution in [2.45, 2.75) is 54.7 Å². The lowest BCUT2D eigenvalue weighted by Crippen LogP contribution is -2.29. The number of hydrogen-bond acceptors (Lipinski definition) is 3. The average molecular weight is 677 g/mol. The maximum Gasteiger partial charge on any atom is 0.0601 e. The molecule has 0 amide bonds. The normalized spacial score (nSPS) is 17.0. The highest BCUT2D eigenvalue weighted by Crippen LogP contribution is 2.53. The molecule has 0 fully saturated rings. The van der Waals surface area contributed by atoms with Crippen LogP contribution in [-0.4, -0.2) is 6.54 Å². The van der Waals surface area contributed by atoms with Gasteiger partial charge in [-0.05, 0) is 112 Å². The molecule has 0 atom stereocenters. The summed E-state index contributed by atoms with van der Waals surface area (Å²) in [5.41, 5.74) is 16.1. The maximum atomic E-state index is 2.60. The van der Waals surface area contributed by atoms with Crippen molar-refractivity contribution in [3.8, 4) is 11.1 Å². The fourth-order valence-corrected chi connectivity index (χ4v) is 9.97. The van der Waals surface area contributed by atoms with Crippen LogP contribution in [0.15, 0.2) is 155 Å². The second kappa shape index (κ2) is 11.9. The highest BCUT2D eigenvalue weighted by Gasteiger charge is 2.36. The summed E-state index contributed by atoms with van der Waals surface area (Å²) in [6.45, 7) is 5.92. The molecule has 2 aliphatic heterocycles. The van der Waals surface area contributed by atoms with Gasteiger partial charge < -0.3 is 9.80 Å². The Hall–Kier alpha value is -5.25. The first-order valence-electron chi connectivity index (χ1n) is 18.4. The molecule has 2 aliphatic carbocycles. The van der Waals surface area contributed by atoms with Crippen LogP contribution in [0, 0.1) is 0 Å². The first kappa shape index (κ1) is 30.6. The molecule has 2 nitrogen and oxygen atoms in total. The van der Waals surface area contributed by atoms with Crippen molar-refractivity contribution >= 4 is 57.4 Å². The molecular weight excluding hydrogens is 637 g/mol. The predicted molar refractivity (Wildman–Crippen MR) is 218 cm³/mol. The Balaban J connectivity index is 0.992. The molecule has 51 heavy (non-hydrogen) atoms. The van der Waals surface area contributed by atoms with Gasteiger partial charge in [-0.25, -0.2) is 0 Å². The molecule has 2 heterocycles. The smallest absolute Gasteiger partial charge is 0.0601 e. The number of nitrogens with zero attached hydrogens (tertiary/aromatic N) is 2. The number of rotatable bonds is 4. The predicted octanol–water partition coefficient (Wildman–Crippen LogP) is 13.5. The van der Waals surface area contributed by atoms with E-state index in [9.17, 15) is 0 Å². The third-order valence-corrected chi connectivity index (χ3v) is 12.6. The molecule has 0 bridgehead atoms. The number of anilines is 4. The lowest BCUT2D eigenvalue weighted by Gasteiger charge is -2.35. The van der Waals surface area contributed by atoms with Crippen molar-refractivity contribution in [1.82, 2.24) is 0 Å². The number of para-hydroxylation sites is 2. The van der Waals surface area contributed by atoms with Crippen molar-refractivity contribution in [1.29, 1.82) is 0 Å². The van der Waals surface area contributed by atoms with Gasteiger partial charge in [0, 0.05) is 38.5 Å². The summed E-state index contributed by atoms with van der Waals surface area (Å²) < 4.78 is 0. The van der Waals surface area contributed by atoms with E-state index in [2.05, 4.69) is 169 Å². The van der Waals surface area contributed by atoms with Gasteiger partial charge in [-0.2, -0.15) is 0 Å². The Labute approximate surface area is 305 Å². The molecule has 0 saturated carbocycles. The van der Waals surface area contributed by atoms with E-state index in [1.54, 1.807) is 0 Å². The molecule has 3 heteroatoms. The number of benzene rings is 6. The summed E-state index contributed by atoms with van der Waals surface area (Å²) >= 11 is 1.85. The summed E-state index contributed by atoms with van der Waals surface area (Å²) in [6, 6.07) is 45.2. The number of fused-ring (bicyclic) bond motifs is 6. The van der Waals surface area contributed by atoms with E-state index in [-0.39, 0.29) is 5.41 Å². The van der Waals surface area contributed by atoms with Crippen LogP contribution in [0.1, 0.15) is 61.8 Å². The summed E-state index contributed by atoms with van der Waals surface area (Å²) in [7, 11) is 0. The minimum absolute atomic E-state index is 0.0718. The summed E-state index contributed by atoms with van der Waals surface area (Å²) in [5.74, 6) is 0. The van der Waals surface area contributed by atoms with Gasteiger partial charge in [-0.1, -0.05) is 129 Å². The largest absolute Gasteiger partial charge is 0.345 e. The molecule has 6 aromatic rings. The topological polar surface area (TPSA) is 6.48 Å².